The van der Waals surface area contributed by atoms with Crippen molar-refractivity contribution in [3.63, 3.8) is 0 Å². The van der Waals surface area contributed by atoms with Crippen LogP contribution in [0.25, 0.3) is 10.8 Å². The van der Waals surface area contributed by atoms with E-state index < -0.39 is 0 Å². The molecule has 0 fully saturated rings. The Bertz CT molecular complexity index is 971. The standard InChI is InChI=1S/C22H22N2O3/c1-24(13-17-6-8-18-4-2-3-5-19(18)10-17)14-22(25)23-12-16-7-9-20-21(11-16)27-15-26-20/h2-11H,12-15H2,1H3,(H,23,25)/p+1. The molecule has 0 radical (unpaired) electrons. The SMILES string of the molecule is C[NH+](CC(=O)NCc1ccc2c(c1)OCO2)Cc1ccc2ccccc2c1. The first kappa shape index (κ1) is 17.4. The minimum Gasteiger partial charge on any atom is -0.454 e. The van der Waals surface area contributed by atoms with Crippen molar-refractivity contribution in [2.75, 3.05) is 20.4 Å². The van der Waals surface area contributed by atoms with Gasteiger partial charge in [-0.15, -0.1) is 0 Å². The molecule has 27 heavy (non-hydrogen) atoms. The molecule has 1 unspecified atom stereocenters. The molecule has 3 aromatic rings. The molecule has 138 valence electrons. The quantitative estimate of drug-likeness (QED) is 0.703. The molecule has 2 N–H and O–H groups in total. The summed E-state index contributed by atoms with van der Waals surface area (Å²) in [4.78, 5) is 13.4. The summed E-state index contributed by atoms with van der Waals surface area (Å²) in [6.45, 7) is 1.98. The Balaban J connectivity index is 1.29. The highest BCUT2D eigenvalue weighted by Gasteiger charge is 2.14. The van der Waals surface area contributed by atoms with Gasteiger partial charge < -0.3 is 19.7 Å². The van der Waals surface area contributed by atoms with Gasteiger partial charge in [0.15, 0.2) is 18.0 Å². The number of rotatable bonds is 6. The van der Waals surface area contributed by atoms with Gasteiger partial charge in [0.1, 0.15) is 6.54 Å². The van der Waals surface area contributed by atoms with Crippen LogP contribution in [0, 0.1) is 0 Å². The molecule has 4 rings (SSSR count). The van der Waals surface area contributed by atoms with Gasteiger partial charge in [0.2, 0.25) is 6.79 Å². The zero-order valence-electron chi connectivity index (χ0n) is 15.3. The molecular weight excluding hydrogens is 340 g/mol. The van der Waals surface area contributed by atoms with Crippen molar-refractivity contribution in [3.8, 4) is 11.5 Å². The van der Waals surface area contributed by atoms with Crippen LogP contribution in [-0.4, -0.2) is 26.3 Å². The second kappa shape index (κ2) is 7.68. The van der Waals surface area contributed by atoms with E-state index in [1.807, 2.05) is 37.4 Å². The van der Waals surface area contributed by atoms with Crippen molar-refractivity contribution in [2.24, 2.45) is 0 Å². The molecule has 0 saturated carbocycles. The number of fused-ring (bicyclic) bond motifs is 2. The van der Waals surface area contributed by atoms with Gasteiger partial charge in [-0.1, -0.05) is 42.5 Å². The predicted molar refractivity (Wildman–Crippen MR) is 104 cm³/mol. The van der Waals surface area contributed by atoms with Crippen molar-refractivity contribution in [3.05, 3.63) is 71.8 Å². The Kier molecular flexibility index (Phi) is 4.94. The zero-order valence-corrected chi connectivity index (χ0v) is 15.3. The fourth-order valence-electron chi connectivity index (χ4n) is 3.35. The van der Waals surface area contributed by atoms with Crippen LogP contribution >= 0.6 is 0 Å². The average molecular weight is 363 g/mol. The minimum atomic E-state index is 0.0333. The van der Waals surface area contributed by atoms with Crippen molar-refractivity contribution in [1.29, 1.82) is 0 Å². The van der Waals surface area contributed by atoms with Gasteiger partial charge in [0.05, 0.1) is 7.05 Å². The third kappa shape index (κ3) is 4.20. The molecule has 5 heteroatoms. The summed E-state index contributed by atoms with van der Waals surface area (Å²) in [7, 11) is 2.04. The maximum Gasteiger partial charge on any atom is 0.275 e. The maximum absolute atomic E-state index is 12.3. The third-order valence-corrected chi connectivity index (χ3v) is 4.71. The number of carbonyl (C=O) groups is 1. The van der Waals surface area contributed by atoms with E-state index in [4.69, 9.17) is 9.47 Å². The molecule has 0 bridgehead atoms. The van der Waals surface area contributed by atoms with Crippen LogP contribution in [-0.2, 0) is 17.9 Å². The molecule has 1 aliphatic rings. The van der Waals surface area contributed by atoms with E-state index in [2.05, 4.69) is 35.6 Å². The van der Waals surface area contributed by atoms with E-state index in [1.54, 1.807) is 0 Å². The molecule has 0 spiro atoms. The lowest BCUT2D eigenvalue weighted by molar-refractivity contribution is -0.885. The van der Waals surface area contributed by atoms with E-state index in [0.29, 0.717) is 13.1 Å². The van der Waals surface area contributed by atoms with Crippen molar-refractivity contribution >= 4 is 16.7 Å². The monoisotopic (exact) mass is 363 g/mol. The summed E-state index contributed by atoms with van der Waals surface area (Å²) >= 11 is 0. The summed E-state index contributed by atoms with van der Waals surface area (Å²) in [5.41, 5.74) is 2.23. The van der Waals surface area contributed by atoms with E-state index in [0.717, 1.165) is 28.5 Å². The first-order chi connectivity index (χ1) is 13.2. The summed E-state index contributed by atoms with van der Waals surface area (Å²) in [5.74, 6) is 1.52. The summed E-state index contributed by atoms with van der Waals surface area (Å²) in [5, 5.41) is 5.45. The first-order valence-electron chi connectivity index (χ1n) is 9.11. The van der Waals surface area contributed by atoms with E-state index in [9.17, 15) is 4.79 Å². The minimum absolute atomic E-state index is 0.0333. The van der Waals surface area contributed by atoms with Gasteiger partial charge in [-0.05, 0) is 34.5 Å². The number of ether oxygens (including phenoxy) is 2. The first-order valence-corrected chi connectivity index (χ1v) is 9.11. The lowest BCUT2D eigenvalue weighted by Crippen LogP contribution is -3.08. The normalized spacial score (nSPS) is 13.5. The number of hydrogen-bond acceptors (Lipinski definition) is 3. The van der Waals surface area contributed by atoms with Gasteiger partial charge in [0, 0.05) is 12.1 Å². The molecule has 1 aliphatic heterocycles. The van der Waals surface area contributed by atoms with E-state index >= 15 is 0 Å². The number of amides is 1. The van der Waals surface area contributed by atoms with Crippen LogP contribution in [0.1, 0.15) is 11.1 Å². The Morgan fingerprint density at radius 3 is 2.63 bits per heavy atom. The number of quaternary nitrogens is 1. The van der Waals surface area contributed by atoms with Gasteiger partial charge in [0.25, 0.3) is 5.91 Å². The Morgan fingerprint density at radius 1 is 0.963 bits per heavy atom. The van der Waals surface area contributed by atoms with Gasteiger partial charge in [-0.2, -0.15) is 0 Å². The maximum atomic E-state index is 12.3. The van der Waals surface area contributed by atoms with Gasteiger partial charge in [-0.3, -0.25) is 4.79 Å². The van der Waals surface area contributed by atoms with Crippen molar-refractivity contribution in [2.45, 2.75) is 13.1 Å². The molecule has 0 saturated heterocycles. The van der Waals surface area contributed by atoms with Crippen LogP contribution in [0.3, 0.4) is 0 Å². The molecule has 3 aromatic carbocycles. The second-order valence-corrected chi connectivity index (χ2v) is 6.96. The van der Waals surface area contributed by atoms with Crippen LogP contribution in [0.2, 0.25) is 0 Å². The Hall–Kier alpha value is -3.05. The Morgan fingerprint density at radius 2 is 1.74 bits per heavy atom. The molecule has 1 heterocycles. The highest BCUT2D eigenvalue weighted by atomic mass is 16.7. The number of carbonyl (C=O) groups excluding carboxylic acids is 1. The fraction of sp³-hybridized carbons (Fsp3) is 0.227. The van der Waals surface area contributed by atoms with Gasteiger partial charge in [-0.25, -0.2) is 0 Å². The van der Waals surface area contributed by atoms with Crippen LogP contribution in [0.15, 0.2) is 60.7 Å². The third-order valence-electron chi connectivity index (χ3n) is 4.71. The number of nitrogens with one attached hydrogen (secondary N) is 2. The number of hydrogen-bond donors (Lipinski definition) is 2. The highest BCUT2D eigenvalue weighted by Crippen LogP contribution is 2.32. The number of likely N-dealkylation sites (N-methyl/N-ethyl adjacent to an activating group) is 1. The van der Waals surface area contributed by atoms with Crippen LogP contribution in [0.5, 0.6) is 11.5 Å². The second-order valence-electron chi connectivity index (χ2n) is 6.96. The molecule has 1 atom stereocenters. The molecule has 0 aromatic heterocycles. The largest absolute Gasteiger partial charge is 0.454 e. The Labute approximate surface area is 158 Å². The number of benzene rings is 3. The predicted octanol–water partition coefficient (Wildman–Crippen LogP) is 1.90. The average Bonchev–Trinajstić information content (AvgIpc) is 3.14. The molecular formula is C22H23N2O3+. The molecule has 0 aliphatic carbocycles. The topological polar surface area (TPSA) is 52.0 Å². The summed E-state index contributed by atoms with van der Waals surface area (Å²) in [6.07, 6.45) is 0. The van der Waals surface area contributed by atoms with Crippen molar-refractivity contribution in [1.82, 2.24) is 5.32 Å². The van der Waals surface area contributed by atoms with E-state index in [-0.39, 0.29) is 12.7 Å². The summed E-state index contributed by atoms with van der Waals surface area (Å²) < 4.78 is 10.7. The lowest BCUT2D eigenvalue weighted by atomic mass is 10.1. The summed E-state index contributed by atoms with van der Waals surface area (Å²) in [6, 6.07) is 20.5. The molecule has 5 nitrogen and oxygen atoms in total. The van der Waals surface area contributed by atoms with E-state index in [1.165, 1.54) is 16.3 Å². The smallest absolute Gasteiger partial charge is 0.275 e. The van der Waals surface area contributed by atoms with Crippen LogP contribution in [0.4, 0.5) is 0 Å². The fourth-order valence-corrected chi connectivity index (χ4v) is 3.35. The van der Waals surface area contributed by atoms with Crippen molar-refractivity contribution < 1.29 is 19.2 Å². The lowest BCUT2D eigenvalue weighted by Gasteiger charge is -2.14. The highest BCUT2D eigenvalue weighted by molar-refractivity contribution is 5.83. The molecule has 1 amide bonds. The van der Waals surface area contributed by atoms with Crippen LogP contribution < -0.4 is 19.7 Å². The zero-order chi connectivity index (χ0) is 18.6. The van der Waals surface area contributed by atoms with Gasteiger partial charge >= 0.3 is 0 Å².